The van der Waals surface area contributed by atoms with E-state index in [0.717, 1.165) is 22.9 Å². The van der Waals surface area contributed by atoms with E-state index in [2.05, 4.69) is 15.9 Å². The number of carbonyl (C=O) groups is 1. The van der Waals surface area contributed by atoms with Crippen LogP contribution in [0.2, 0.25) is 5.02 Å². The Morgan fingerprint density at radius 1 is 1.36 bits per heavy atom. The van der Waals surface area contributed by atoms with Gasteiger partial charge < -0.3 is 5.11 Å². The number of carboxylic acids is 1. The zero-order chi connectivity index (χ0) is 10.6. The van der Waals surface area contributed by atoms with Crippen molar-refractivity contribution in [2.75, 3.05) is 5.33 Å². The molecule has 0 saturated heterocycles. The first-order chi connectivity index (χ1) is 6.61. The molecule has 0 radical (unpaired) electrons. The first kappa shape index (κ1) is 11.5. The monoisotopic (exact) mass is 276 g/mol. The van der Waals surface area contributed by atoms with E-state index in [9.17, 15) is 4.79 Å². The Balaban J connectivity index is 2.88. The topological polar surface area (TPSA) is 37.3 Å². The zero-order valence-corrected chi connectivity index (χ0v) is 9.81. The highest BCUT2D eigenvalue weighted by Gasteiger charge is 2.03. The molecule has 0 aromatic heterocycles. The summed E-state index contributed by atoms with van der Waals surface area (Å²) in [5, 5.41) is 10.1. The van der Waals surface area contributed by atoms with Gasteiger partial charge in [-0.15, -0.1) is 0 Å². The number of rotatable bonds is 4. The Kier molecular flexibility index (Phi) is 4.42. The van der Waals surface area contributed by atoms with E-state index in [0.29, 0.717) is 5.02 Å². The van der Waals surface area contributed by atoms with Gasteiger partial charge in [-0.1, -0.05) is 33.6 Å². The van der Waals surface area contributed by atoms with Gasteiger partial charge >= 0.3 is 5.97 Å². The molecule has 14 heavy (non-hydrogen) atoms. The zero-order valence-electron chi connectivity index (χ0n) is 7.46. The number of alkyl halides is 1. The molecule has 0 unspecified atom stereocenters. The van der Waals surface area contributed by atoms with Crippen molar-refractivity contribution in [3.05, 3.63) is 34.3 Å². The highest BCUT2D eigenvalue weighted by atomic mass is 79.9. The summed E-state index contributed by atoms with van der Waals surface area (Å²) in [5.41, 5.74) is 1.81. The molecule has 2 nitrogen and oxygen atoms in total. The minimum Gasteiger partial charge on any atom is -0.481 e. The molecule has 76 valence electrons. The van der Waals surface area contributed by atoms with Crippen LogP contribution in [0.3, 0.4) is 0 Å². The summed E-state index contributed by atoms with van der Waals surface area (Å²) in [6.45, 7) is 0. The van der Waals surface area contributed by atoms with Gasteiger partial charge in [-0.05, 0) is 29.7 Å². The lowest BCUT2D eigenvalue weighted by Gasteiger charge is -2.03. The smallest absolute Gasteiger partial charge is 0.307 e. The SMILES string of the molecule is O=C(O)Cc1cc(Cl)cc(CCBr)c1. The summed E-state index contributed by atoms with van der Waals surface area (Å²) in [4.78, 5) is 10.5. The molecule has 0 atom stereocenters. The van der Waals surface area contributed by atoms with E-state index in [1.54, 1.807) is 6.07 Å². The van der Waals surface area contributed by atoms with Crippen LogP contribution in [0.15, 0.2) is 18.2 Å². The van der Waals surface area contributed by atoms with Crippen molar-refractivity contribution in [1.82, 2.24) is 0 Å². The predicted molar refractivity (Wildman–Crippen MR) is 60.3 cm³/mol. The number of aliphatic carboxylic acids is 1. The van der Waals surface area contributed by atoms with E-state index in [1.165, 1.54) is 0 Å². The molecule has 1 aromatic rings. The van der Waals surface area contributed by atoms with Crippen molar-refractivity contribution in [1.29, 1.82) is 0 Å². The maximum atomic E-state index is 10.5. The van der Waals surface area contributed by atoms with Crippen molar-refractivity contribution in [3.8, 4) is 0 Å². The summed E-state index contributed by atoms with van der Waals surface area (Å²) in [6, 6.07) is 5.42. The molecular formula is C10H10BrClO2. The van der Waals surface area contributed by atoms with E-state index < -0.39 is 5.97 Å². The fourth-order valence-electron chi connectivity index (χ4n) is 1.25. The summed E-state index contributed by atoms with van der Waals surface area (Å²) < 4.78 is 0. The average Bonchev–Trinajstić information content (AvgIpc) is 2.01. The molecule has 0 aliphatic rings. The van der Waals surface area contributed by atoms with Crippen LogP contribution in [0.25, 0.3) is 0 Å². The van der Waals surface area contributed by atoms with E-state index in [1.807, 2.05) is 12.1 Å². The maximum Gasteiger partial charge on any atom is 0.307 e. The Bertz CT molecular complexity index is 339. The molecule has 0 spiro atoms. The van der Waals surface area contributed by atoms with Gasteiger partial charge in [0, 0.05) is 10.4 Å². The van der Waals surface area contributed by atoms with Crippen LogP contribution in [0.1, 0.15) is 11.1 Å². The molecule has 0 aliphatic heterocycles. The molecule has 1 rings (SSSR count). The van der Waals surface area contributed by atoms with Gasteiger partial charge in [-0.3, -0.25) is 4.79 Å². The van der Waals surface area contributed by atoms with Crippen LogP contribution in [0.4, 0.5) is 0 Å². The van der Waals surface area contributed by atoms with Crippen LogP contribution < -0.4 is 0 Å². The third-order valence-electron chi connectivity index (χ3n) is 1.76. The number of hydrogen-bond donors (Lipinski definition) is 1. The molecule has 0 aliphatic carbocycles. The number of hydrogen-bond acceptors (Lipinski definition) is 1. The second-order valence-electron chi connectivity index (χ2n) is 2.98. The van der Waals surface area contributed by atoms with Crippen LogP contribution in [-0.4, -0.2) is 16.4 Å². The van der Waals surface area contributed by atoms with E-state index in [-0.39, 0.29) is 6.42 Å². The van der Waals surface area contributed by atoms with Gasteiger partial charge in [-0.2, -0.15) is 0 Å². The lowest BCUT2D eigenvalue weighted by atomic mass is 10.1. The first-order valence-electron chi connectivity index (χ1n) is 4.18. The second kappa shape index (κ2) is 5.37. The van der Waals surface area contributed by atoms with E-state index in [4.69, 9.17) is 16.7 Å². The lowest BCUT2D eigenvalue weighted by molar-refractivity contribution is -0.136. The van der Waals surface area contributed by atoms with Crippen LogP contribution in [0, 0.1) is 0 Å². The minimum atomic E-state index is -0.836. The largest absolute Gasteiger partial charge is 0.481 e. The molecule has 0 fully saturated rings. The summed E-state index contributed by atoms with van der Waals surface area (Å²) in [5.74, 6) is -0.836. The van der Waals surface area contributed by atoms with Crippen molar-refractivity contribution >= 4 is 33.5 Å². The number of carboxylic acid groups (broad SMARTS) is 1. The number of halogens is 2. The Hall–Kier alpha value is -0.540. The molecule has 4 heteroatoms. The fourth-order valence-corrected chi connectivity index (χ4v) is 1.99. The molecule has 0 heterocycles. The second-order valence-corrected chi connectivity index (χ2v) is 4.21. The number of aryl methyl sites for hydroxylation is 1. The number of benzene rings is 1. The van der Waals surface area contributed by atoms with E-state index >= 15 is 0 Å². The van der Waals surface area contributed by atoms with Gasteiger partial charge in [0.15, 0.2) is 0 Å². The molecule has 0 saturated carbocycles. The summed E-state index contributed by atoms with van der Waals surface area (Å²) in [7, 11) is 0. The molecule has 1 N–H and O–H groups in total. The van der Waals surface area contributed by atoms with Crippen molar-refractivity contribution in [2.24, 2.45) is 0 Å². The molecular weight excluding hydrogens is 267 g/mol. The molecule has 0 bridgehead atoms. The minimum absolute atomic E-state index is 0.0237. The Morgan fingerprint density at radius 3 is 2.57 bits per heavy atom. The van der Waals surface area contributed by atoms with Gasteiger partial charge in [0.25, 0.3) is 0 Å². The lowest BCUT2D eigenvalue weighted by Crippen LogP contribution is -2.01. The normalized spacial score (nSPS) is 10.1. The fraction of sp³-hybridized carbons (Fsp3) is 0.300. The maximum absolute atomic E-state index is 10.5. The highest BCUT2D eigenvalue weighted by molar-refractivity contribution is 9.09. The highest BCUT2D eigenvalue weighted by Crippen LogP contribution is 2.16. The first-order valence-corrected chi connectivity index (χ1v) is 5.68. The van der Waals surface area contributed by atoms with Crippen LogP contribution in [0.5, 0.6) is 0 Å². The quantitative estimate of drug-likeness (QED) is 0.859. The average molecular weight is 278 g/mol. The van der Waals surface area contributed by atoms with Gasteiger partial charge in [0.2, 0.25) is 0 Å². The van der Waals surface area contributed by atoms with Gasteiger partial charge in [0.1, 0.15) is 0 Å². The third-order valence-corrected chi connectivity index (χ3v) is 2.37. The summed E-state index contributed by atoms with van der Waals surface area (Å²) >= 11 is 9.19. The molecule has 0 amide bonds. The van der Waals surface area contributed by atoms with Gasteiger partial charge in [0.05, 0.1) is 6.42 Å². The Morgan fingerprint density at radius 2 is 2.00 bits per heavy atom. The van der Waals surface area contributed by atoms with Crippen molar-refractivity contribution in [3.63, 3.8) is 0 Å². The van der Waals surface area contributed by atoms with Crippen molar-refractivity contribution in [2.45, 2.75) is 12.8 Å². The predicted octanol–water partition coefficient (Wildman–Crippen LogP) is 2.90. The molecule has 1 aromatic carbocycles. The Labute approximate surface area is 96.0 Å². The standard InChI is InChI=1S/C10H10BrClO2/c11-2-1-7-3-8(6-10(13)14)5-9(12)4-7/h3-5H,1-2,6H2,(H,13,14). The van der Waals surface area contributed by atoms with Crippen molar-refractivity contribution < 1.29 is 9.90 Å². The van der Waals surface area contributed by atoms with Gasteiger partial charge in [-0.25, -0.2) is 0 Å². The van der Waals surface area contributed by atoms with Crippen LogP contribution >= 0.6 is 27.5 Å². The third kappa shape index (κ3) is 3.68. The summed E-state index contributed by atoms with van der Waals surface area (Å²) in [6.07, 6.45) is 0.878. The van der Waals surface area contributed by atoms with Crippen LogP contribution in [-0.2, 0) is 17.6 Å².